The molecule has 134 valence electrons. The lowest BCUT2D eigenvalue weighted by Gasteiger charge is -2.18. The number of alkyl halides is 3. The van der Waals surface area contributed by atoms with Crippen molar-refractivity contribution in [1.82, 2.24) is 15.2 Å². The maximum Gasteiger partial charge on any atom is 0.435 e. The molecule has 2 aromatic heterocycles. The number of anilines is 3. The first-order chi connectivity index (χ1) is 12.4. The van der Waals surface area contributed by atoms with Gasteiger partial charge in [-0.15, -0.1) is 10.2 Å². The van der Waals surface area contributed by atoms with Crippen LogP contribution in [-0.4, -0.2) is 22.2 Å². The van der Waals surface area contributed by atoms with Crippen LogP contribution in [0.3, 0.4) is 0 Å². The predicted octanol–water partition coefficient (Wildman–Crippen LogP) is 4.27. The molecule has 26 heavy (non-hydrogen) atoms. The molecule has 0 radical (unpaired) electrons. The van der Waals surface area contributed by atoms with Crippen LogP contribution in [0.25, 0.3) is 0 Å². The molecule has 0 fully saturated rings. The third-order valence-electron chi connectivity index (χ3n) is 3.72. The summed E-state index contributed by atoms with van der Waals surface area (Å²) in [6.07, 6.45) is -2.78. The highest BCUT2D eigenvalue weighted by Crippen LogP contribution is 2.27. The fraction of sp³-hybridized carbons (Fsp3) is 0.167. The molecular formula is C18H16F3N5. The van der Waals surface area contributed by atoms with Gasteiger partial charge < -0.3 is 10.2 Å². The van der Waals surface area contributed by atoms with Gasteiger partial charge in [0, 0.05) is 25.5 Å². The summed E-state index contributed by atoms with van der Waals surface area (Å²) in [5, 5.41) is 9.63. The van der Waals surface area contributed by atoms with Crippen molar-refractivity contribution in [3.8, 4) is 0 Å². The Morgan fingerprint density at radius 1 is 0.962 bits per heavy atom. The average Bonchev–Trinajstić information content (AvgIpc) is 2.66. The molecule has 0 aliphatic heterocycles. The zero-order valence-electron chi connectivity index (χ0n) is 13.9. The van der Waals surface area contributed by atoms with E-state index in [2.05, 4.69) is 20.5 Å². The Morgan fingerprint density at radius 2 is 1.73 bits per heavy atom. The molecule has 0 saturated carbocycles. The molecule has 0 saturated heterocycles. The number of nitrogens with zero attached hydrogens (tertiary/aromatic N) is 4. The molecule has 0 spiro atoms. The van der Waals surface area contributed by atoms with E-state index in [9.17, 15) is 13.2 Å². The maximum atomic E-state index is 12.5. The number of benzene rings is 1. The predicted molar refractivity (Wildman–Crippen MR) is 93.1 cm³/mol. The van der Waals surface area contributed by atoms with Crippen LogP contribution < -0.4 is 10.2 Å². The quantitative estimate of drug-likeness (QED) is 0.737. The molecule has 1 N–H and O–H groups in total. The van der Waals surface area contributed by atoms with Crippen LogP contribution in [-0.2, 0) is 12.7 Å². The molecule has 8 heteroatoms. The van der Waals surface area contributed by atoms with Gasteiger partial charge in [-0.1, -0.05) is 24.3 Å². The largest absolute Gasteiger partial charge is 0.435 e. The molecule has 3 aromatic rings. The lowest BCUT2D eigenvalue weighted by atomic mass is 10.2. The van der Waals surface area contributed by atoms with E-state index in [1.807, 2.05) is 54.4 Å². The summed E-state index contributed by atoms with van der Waals surface area (Å²) < 4.78 is 37.4. The summed E-state index contributed by atoms with van der Waals surface area (Å²) in [7, 11) is 1.92. The summed E-state index contributed by atoms with van der Waals surface area (Å²) in [5.41, 5.74) is 0.876. The van der Waals surface area contributed by atoms with E-state index in [-0.39, 0.29) is 5.82 Å². The van der Waals surface area contributed by atoms with Crippen LogP contribution in [0.5, 0.6) is 0 Å². The minimum atomic E-state index is -4.49. The van der Waals surface area contributed by atoms with Crippen molar-refractivity contribution < 1.29 is 13.2 Å². The number of pyridine rings is 1. The summed E-state index contributed by atoms with van der Waals surface area (Å²) >= 11 is 0. The van der Waals surface area contributed by atoms with Gasteiger partial charge in [-0.25, -0.2) is 4.98 Å². The van der Waals surface area contributed by atoms with Crippen molar-refractivity contribution in [2.45, 2.75) is 12.7 Å². The summed E-state index contributed by atoms with van der Waals surface area (Å²) in [5.74, 6) is 1.05. The highest BCUT2D eigenvalue weighted by atomic mass is 19.4. The molecule has 0 bridgehead atoms. The van der Waals surface area contributed by atoms with E-state index in [1.54, 1.807) is 6.20 Å². The molecule has 0 aliphatic carbocycles. The topological polar surface area (TPSA) is 53.9 Å². The first-order valence-corrected chi connectivity index (χ1v) is 7.82. The zero-order valence-corrected chi connectivity index (χ0v) is 13.9. The molecule has 5 nitrogen and oxygen atoms in total. The Bertz CT molecular complexity index is 833. The molecule has 0 atom stereocenters. The molecule has 2 heterocycles. The summed E-state index contributed by atoms with van der Waals surface area (Å²) in [6.45, 7) is 0.377. The van der Waals surface area contributed by atoms with Gasteiger partial charge >= 0.3 is 6.18 Å². The standard InChI is InChI=1S/C18H16F3N5/c1-26(14-5-3-2-4-6-14)17-10-7-13(12-23-17)11-22-16-9-8-15(24-25-16)18(19,20)21/h2-10,12H,11H2,1H3,(H,22,25). The van der Waals surface area contributed by atoms with E-state index in [0.29, 0.717) is 6.54 Å². The van der Waals surface area contributed by atoms with E-state index in [4.69, 9.17) is 0 Å². The third kappa shape index (κ3) is 4.27. The van der Waals surface area contributed by atoms with E-state index < -0.39 is 11.9 Å². The van der Waals surface area contributed by atoms with Gasteiger partial charge in [0.05, 0.1) is 0 Å². The summed E-state index contributed by atoms with van der Waals surface area (Å²) in [6, 6.07) is 15.7. The average molecular weight is 359 g/mol. The van der Waals surface area contributed by atoms with Crippen molar-refractivity contribution in [1.29, 1.82) is 0 Å². The number of hydrogen-bond donors (Lipinski definition) is 1. The van der Waals surface area contributed by atoms with Crippen LogP contribution in [0.1, 0.15) is 11.3 Å². The fourth-order valence-electron chi connectivity index (χ4n) is 2.27. The van der Waals surface area contributed by atoms with Gasteiger partial charge in [0.15, 0.2) is 5.69 Å². The molecular weight excluding hydrogens is 343 g/mol. The second-order valence-electron chi connectivity index (χ2n) is 5.57. The third-order valence-corrected chi connectivity index (χ3v) is 3.72. The van der Waals surface area contributed by atoms with Gasteiger partial charge in [0.2, 0.25) is 0 Å². The van der Waals surface area contributed by atoms with Gasteiger partial charge in [0.25, 0.3) is 0 Å². The fourth-order valence-corrected chi connectivity index (χ4v) is 2.27. The number of hydrogen-bond acceptors (Lipinski definition) is 5. The molecule has 3 rings (SSSR count). The second-order valence-corrected chi connectivity index (χ2v) is 5.57. The minimum Gasteiger partial charge on any atom is -0.364 e. The number of nitrogens with one attached hydrogen (secondary N) is 1. The van der Waals surface area contributed by atoms with Crippen LogP contribution in [0, 0.1) is 0 Å². The molecule has 1 aromatic carbocycles. The SMILES string of the molecule is CN(c1ccccc1)c1ccc(CNc2ccc(C(F)(F)F)nn2)cn1. The maximum absolute atomic E-state index is 12.5. The van der Waals surface area contributed by atoms with E-state index in [0.717, 1.165) is 23.1 Å². The van der Waals surface area contributed by atoms with Crippen LogP contribution in [0.2, 0.25) is 0 Å². The van der Waals surface area contributed by atoms with Crippen molar-refractivity contribution >= 4 is 17.3 Å². The molecule has 0 amide bonds. The molecule has 0 unspecified atom stereocenters. The number of aromatic nitrogens is 3. The number of para-hydroxylation sites is 1. The van der Waals surface area contributed by atoms with Crippen LogP contribution in [0.4, 0.5) is 30.5 Å². The number of halogens is 3. The van der Waals surface area contributed by atoms with E-state index >= 15 is 0 Å². The lowest BCUT2D eigenvalue weighted by Crippen LogP contribution is -2.12. The Labute approximate surface area is 148 Å². The Kier molecular flexibility index (Phi) is 5.01. The smallest absolute Gasteiger partial charge is 0.364 e. The monoisotopic (exact) mass is 359 g/mol. The molecule has 0 aliphatic rings. The zero-order chi connectivity index (χ0) is 18.6. The first kappa shape index (κ1) is 17.7. The van der Waals surface area contributed by atoms with Crippen molar-refractivity contribution in [3.05, 3.63) is 72.1 Å². The van der Waals surface area contributed by atoms with Gasteiger partial charge in [-0.3, -0.25) is 0 Å². The normalized spacial score (nSPS) is 11.2. The van der Waals surface area contributed by atoms with Crippen LogP contribution >= 0.6 is 0 Å². The Balaban J connectivity index is 1.61. The Hall–Kier alpha value is -3.16. The van der Waals surface area contributed by atoms with Gasteiger partial charge in [-0.2, -0.15) is 13.2 Å². The lowest BCUT2D eigenvalue weighted by molar-refractivity contribution is -0.141. The van der Waals surface area contributed by atoms with Crippen molar-refractivity contribution in [3.63, 3.8) is 0 Å². The highest BCUT2D eigenvalue weighted by Gasteiger charge is 2.32. The first-order valence-electron chi connectivity index (χ1n) is 7.82. The van der Waals surface area contributed by atoms with E-state index in [1.165, 1.54) is 6.07 Å². The van der Waals surface area contributed by atoms with Gasteiger partial charge in [0.1, 0.15) is 11.6 Å². The van der Waals surface area contributed by atoms with Gasteiger partial charge in [-0.05, 0) is 35.9 Å². The summed E-state index contributed by atoms with van der Waals surface area (Å²) in [4.78, 5) is 6.37. The second kappa shape index (κ2) is 7.38. The van der Waals surface area contributed by atoms with Crippen molar-refractivity contribution in [2.75, 3.05) is 17.3 Å². The number of rotatable bonds is 5. The Morgan fingerprint density at radius 3 is 2.31 bits per heavy atom. The highest BCUT2D eigenvalue weighted by molar-refractivity contribution is 5.58. The van der Waals surface area contributed by atoms with Crippen molar-refractivity contribution in [2.24, 2.45) is 0 Å². The van der Waals surface area contributed by atoms with Crippen LogP contribution in [0.15, 0.2) is 60.8 Å². The minimum absolute atomic E-state index is 0.267.